The van der Waals surface area contributed by atoms with Gasteiger partial charge in [-0.25, -0.2) is 0 Å². The van der Waals surface area contributed by atoms with E-state index in [1.165, 1.54) is 38.6 Å². The molecule has 0 aromatic rings. The van der Waals surface area contributed by atoms with E-state index in [4.69, 9.17) is 11.6 Å². The van der Waals surface area contributed by atoms with Crippen LogP contribution in [0, 0.1) is 5.92 Å². The summed E-state index contributed by atoms with van der Waals surface area (Å²) in [7, 11) is 0. The summed E-state index contributed by atoms with van der Waals surface area (Å²) >= 11 is 6.10. The lowest BCUT2D eigenvalue weighted by molar-refractivity contribution is 0.347. The Labute approximate surface area is 80.9 Å². The molecule has 1 saturated carbocycles. The minimum Gasteiger partial charge on any atom is -0.316 e. The van der Waals surface area contributed by atoms with E-state index in [0.29, 0.717) is 5.38 Å². The molecule has 0 aliphatic heterocycles. The molecule has 0 amide bonds. The molecule has 0 aromatic carbocycles. The fraction of sp³-hybridized carbons (Fsp3) is 1.00. The molecule has 1 fully saturated rings. The van der Waals surface area contributed by atoms with E-state index in [-0.39, 0.29) is 0 Å². The topological polar surface area (TPSA) is 12.0 Å². The van der Waals surface area contributed by atoms with Crippen molar-refractivity contribution in [1.82, 2.24) is 5.32 Å². The maximum Gasteiger partial charge on any atom is 0.0339 e. The smallest absolute Gasteiger partial charge is 0.0339 e. The average Bonchev–Trinajstić information content (AvgIpc) is 2.05. The molecule has 0 radical (unpaired) electrons. The summed E-state index contributed by atoms with van der Waals surface area (Å²) < 4.78 is 0. The highest BCUT2D eigenvalue weighted by Gasteiger charge is 2.19. The van der Waals surface area contributed by atoms with Gasteiger partial charge in [0, 0.05) is 5.38 Å². The van der Waals surface area contributed by atoms with Crippen molar-refractivity contribution in [3.05, 3.63) is 0 Å². The largest absolute Gasteiger partial charge is 0.316 e. The quantitative estimate of drug-likeness (QED) is 0.530. The summed E-state index contributed by atoms with van der Waals surface area (Å²) in [5.74, 6) is 0.841. The Bertz CT molecular complexity index is 116. The van der Waals surface area contributed by atoms with Gasteiger partial charge in [0.25, 0.3) is 0 Å². The Morgan fingerprint density at radius 2 is 2.25 bits per heavy atom. The predicted molar refractivity (Wildman–Crippen MR) is 54.8 cm³/mol. The molecule has 2 heteroatoms. The number of rotatable bonds is 4. The van der Waals surface area contributed by atoms with Crippen LogP contribution in [0.4, 0.5) is 0 Å². The van der Waals surface area contributed by atoms with Gasteiger partial charge in [-0.1, -0.05) is 13.3 Å². The molecular formula is C10H20ClN. The van der Waals surface area contributed by atoms with Crippen LogP contribution in [0.3, 0.4) is 0 Å². The first-order chi connectivity index (χ1) is 5.83. The Morgan fingerprint density at radius 1 is 1.42 bits per heavy atom. The van der Waals surface area contributed by atoms with Gasteiger partial charge in [0.15, 0.2) is 0 Å². The zero-order valence-electron chi connectivity index (χ0n) is 7.98. The van der Waals surface area contributed by atoms with Gasteiger partial charge in [-0.2, -0.15) is 0 Å². The fourth-order valence-corrected chi connectivity index (χ4v) is 2.30. The maximum absolute atomic E-state index is 6.10. The number of hydrogen-bond donors (Lipinski definition) is 1. The molecule has 0 bridgehead atoms. The normalized spacial score (nSPS) is 30.5. The number of alkyl halides is 1. The minimum atomic E-state index is 0.451. The van der Waals surface area contributed by atoms with E-state index >= 15 is 0 Å². The van der Waals surface area contributed by atoms with Gasteiger partial charge >= 0.3 is 0 Å². The highest BCUT2D eigenvalue weighted by atomic mass is 35.5. The van der Waals surface area contributed by atoms with Crippen LogP contribution in [0.25, 0.3) is 0 Å². The number of hydrogen-bond acceptors (Lipinski definition) is 1. The lowest BCUT2D eigenvalue weighted by Gasteiger charge is -2.25. The van der Waals surface area contributed by atoms with Gasteiger partial charge in [-0.15, -0.1) is 11.6 Å². The van der Waals surface area contributed by atoms with Gasteiger partial charge in [0.1, 0.15) is 0 Å². The van der Waals surface area contributed by atoms with Gasteiger partial charge in [-0.05, 0) is 44.7 Å². The Hall–Kier alpha value is 0.250. The fourth-order valence-electron chi connectivity index (χ4n) is 1.89. The van der Waals surface area contributed by atoms with Crippen LogP contribution in [-0.2, 0) is 0 Å². The average molecular weight is 190 g/mol. The van der Waals surface area contributed by atoms with E-state index in [1.54, 1.807) is 0 Å². The van der Waals surface area contributed by atoms with Crippen molar-refractivity contribution >= 4 is 11.6 Å². The highest BCUT2D eigenvalue weighted by Crippen LogP contribution is 2.27. The summed E-state index contributed by atoms with van der Waals surface area (Å²) in [4.78, 5) is 0. The van der Waals surface area contributed by atoms with E-state index in [9.17, 15) is 0 Å². The zero-order valence-corrected chi connectivity index (χ0v) is 8.74. The first-order valence-electron chi connectivity index (χ1n) is 5.17. The molecule has 1 aliphatic carbocycles. The standard InChI is InChI=1S/C10H20ClN/c1-2-6-12-8-9-4-3-5-10(11)7-9/h9-10,12H,2-8H2,1H3. The van der Waals surface area contributed by atoms with Gasteiger partial charge in [0.2, 0.25) is 0 Å². The van der Waals surface area contributed by atoms with E-state index in [2.05, 4.69) is 12.2 Å². The minimum absolute atomic E-state index is 0.451. The van der Waals surface area contributed by atoms with Crippen LogP contribution in [0.15, 0.2) is 0 Å². The number of nitrogens with one attached hydrogen (secondary N) is 1. The van der Waals surface area contributed by atoms with E-state index < -0.39 is 0 Å². The zero-order chi connectivity index (χ0) is 8.81. The molecule has 1 rings (SSSR count). The monoisotopic (exact) mass is 189 g/mol. The summed E-state index contributed by atoms with van der Waals surface area (Å²) in [6.45, 7) is 4.54. The van der Waals surface area contributed by atoms with Gasteiger partial charge in [0.05, 0.1) is 0 Å². The Kier molecular flexibility index (Phi) is 5.01. The first kappa shape index (κ1) is 10.3. The van der Waals surface area contributed by atoms with Crippen molar-refractivity contribution in [1.29, 1.82) is 0 Å². The van der Waals surface area contributed by atoms with Crippen LogP contribution in [-0.4, -0.2) is 18.5 Å². The maximum atomic E-state index is 6.10. The molecule has 0 spiro atoms. The van der Waals surface area contributed by atoms with Crippen molar-refractivity contribution in [2.75, 3.05) is 13.1 Å². The molecule has 72 valence electrons. The molecule has 12 heavy (non-hydrogen) atoms. The van der Waals surface area contributed by atoms with Crippen LogP contribution in [0.5, 0.6) is 0 Å². The molecule has 0 aromatic heterocycles. The third-order valence-electron chi connectivity index (χ3n) is 2.58. The second-order valence-electron chi connectivity index (χ2n) is 3.83. The summed E-state index contributed by atoms with van der Waals surface area (Å²) in [5, 5.41) is 3.92. The molecule has 1 nitrogen and oxygen atoms in total. The van der Waals surface area contributed by atoms with Crippen LogP contribution in [0.1, 0.15) is 39.0 Å². The third kappa shape index (κ3) is 3.77. The van der Waals surface area contributed by atoms with Crippen molar-refractivity contribution in [2.24, 2.45) is 5.92 Å². The molecule has 1 N–H and O–H groups in total. The highest BCUT2D eigenvalue weighted by molar-refractivity contribution is 6.20. The van der Waals surface area contributed by atoms with E-state index in [0.717, 1.165) is 12.5 Å². The van der Waals surface area contributed by atoms with Crippen LogP contribution >= 0.6 is 11.6 Å². The van der Waals surface area contributed by atoms with E-state index in [1.807, 2.05) is 0 Å². The second-order valence-corrected chi connectivity index (χ2v) is 4.45. The van der Waals surface area contributed by atoms with Crippen molar-refractivity contribution in [2.45, 2.75) is 44.4 Å². The molecule has 0 heterocycles. The van der Waals surface area contributed by atoms with Crippen LogP contribution < -0.4 is 5.32 Å². The van der Waals surface area contributed by atoms with Gasteiger partial charge in [-0.3, -0.25) is 0 Å². The lowest BCUT2D eigenvalue weighted by atomic mass is 9.89. The third-order valence-corrected chi connectivity index (χ3v) is 2.97. The number of halogens is 1. The summed E-state index contributed by atoms with van der Waals surface area (Å²) in [5.41, 5.74) is 0. The summed E-state index contributed by atoms with van der Waals surface area (Å²) in [6, 6.07) is 0. The first-order valence-corrected chi connectivity index (χ1v) is 5.61. The van der Waals surface area contributed by atoms with Gasteiger partial charge < -0.3 is 5.32 Å². The van der Waals surface area contributed by atoms with Crippen LogP contribution in [0.2, 0.25) is 0 Å². The molecular weight excluding hydrogens is 170 g/mol. The molecule has 2 atom stereocenters. The predicted octanol–water partition coefficient (Wildman–Crippen LogP) is 2.78. The van der Waals surface area contributed by atoms with Crippen molar-refractivity contribution < 1.29 is 0 Å². The summed E-state index contributed by atoms with van der Waals surface area (Å²) in [6.07, 6.45) is 6.38. The second kappa shape index (κ2) is 5.82. The molecule has 0 saturated heterocycles. The lowest BCUT2D eigenvalue weighted by Crippen LogP contribution is -2.27. The van der Waals surface area contributed by atoms with Crippen molar-refractivity contribution in [3.63, 3.8) is 0 Å². The van der Waals surface area contributed by atoms with Crippen molar-refractivity contribution in [3.8, 4) is 0 Å². The molecule has 1 aliphatic rings. The SMILES string of the molecule is CCCNCC1CCCC(Cl)C1. The Morgan fingerprint density at radius 3 is 2.92 bits per heavy atom. The Balaban J connectivity index is 2.06. The molecule has 2 unspecified atom stereocenters.